The lowest BCUT2D eigenvalue weighted by molar-refractivity contribution is 0.0853. The molecule has 0 saturated heterocycles. The van der Waals surface area contributed by atoms with Crippen LogP contribution in [0, 0.1) is 0 Å². The summed E-state index contributed by atoms with van der Waals surface area (Å²) in [7, 11) is 3.54. The van der Waals surface area contributed by atoms with Gasteiger partial charge in [-0.2, -0.15) is 0 Å². The van der Waals surface area contributed by atoms with E-state index < -0.39 is 12.1 Å². The normalized spacial score (nSPS) is 13.4. The van der Waals surface area contributed by atoms with Crippen molar-refractivity contribution in [3.63, 3.8) is 0 Å². The number of ether oxygens (including phenoxy) is 1. The van der Waals surface area contributed by atoms with Crippen LogP contribution in [-0.4, -0.2) is 28.7 Å². The molecular formula is C20H22N2O3. The summed E-state index contributed by atoms with van der Waals surface area (Å²) < 4.78 is 7.10. The van der Waals surface area contributed by atoms with Crippen molar-refractivity contribution in [3.8, 4) is 5.75 Å². The third-order valence-corrected chi connectivity index (χ3v) is 4.46. The van der Waals surface area contributed by atoms with Gasteiger partial charge in [-0.3, -0.25) is 4.79 Å². The fourth-order valence-electron chi connectivity index (χ4n) is 2.95. The third kappa shape index (κ3) is 3.37. The van der Waals surface area contributed by atoms with E-state index in [0.717, 1.165) is 22.2 Å². The van der Waals surface area contributed by atoms with Crippen LogP contribution in [0.5, 0.6) is 5.75 Å². The minimum atomic E-state index is -0.801. The molecule has 5 heteroatoms. The predicted octanol–water partition coefficient (Wildman–Crippen LogP) is 3.04. The monoisotopic (exact) mass is 338 g/mol. The summed E-state index contributed by atoms with van der Waals surface area (Å²) in [5, 5.41) is 14.3. The number of fused-ring (bicyclic) bond motifs is 1. The molecular weight excluding hydrogens is 316 g/mol. The van der Waals surface area contributed by atoms with Crippen molar-refractivity contribution >= 4 is 16.8 Å². The molecule has 2 N–H and O–H groups in total. The lowest BCUT2D eigenvalue weighted by atomic mass is 10.0. The van der Waals surface area contributed by atoms with Crippen LogP contribution in [-0.2, 0) is 7.05 Å². The number of carbonyl (C=O) groups excluding carboxylic acids is 1. The molecule has 0 bridgehead atoms. The summed E-state index contributed by atoms with van der Waals surface area (Å²) in [5.74, 6) is 0.528. The number of aryl methyl sites for hydroxylation is 1. The summed E-state index contributed by atoms with van der Waals surface area (Å²) >= 11 is 0. The van der Waals surface area contributed by atoms with Crippen LogP contribution in [0.1, 0.15) is 28.9 Å². The molecule has 2 atom stereocenters. The van der Waals surface area contributed by atoms with E-state index in [0.29, 0.717) is 5.56 Å². The van der Waals surface area contributed by atoms with Gasteiger partial charge in [-0.25, -0.2) is 0 Å². The van der Waals surface area contributed by atoms with Crippen molar-refractivity contribution in [2.75, 3.05) is 7.11 Å². The first kappa shape index (κ1) is 17.0. The standard InChI is InChI=1S/C20H22N2O3/c1-13(19(23)14-7-9-15(25-3)10-8-14)21-20(24)17-5-4-6-18-16(17)11-12-22(18)2/h4-13,19,23H,1-3H3,(H,21,24). The molecule has 3 rings (SSSR count). The Morgan fingerprint density at radius 3 is 2.56 bits per heavy atom. The van der Waals surface area contributed by atoms with Crippen LogP contribution in [0.15, 0.2) is 54.7 Å². The first-order valence-corrected chi connectivity index (χ1v) is 8.18. The average Bonchev–Trinajstić information content (AvgIpc) is 3.02. The van der Waals surface area contributed by atoms with Crippen LogP contribution < -0.4 is 10.1 Å². The maximum Gasteiger partial charge on any atom is 0.252 e. The topological polar surface area (TPSA) is 63.5 Å². The molecule has 0 spiro atoms. The van der Waals surface area contributed by atoms with Gasteiger partial charge in [-0.1, -0.05) is 18.2 Å². The SMILES string of the molecule is COc1ccc(C(O)C(C)NC(=O)c2cccc3c2ccn3C)cc1. The molecule has 5 nitrogen and oxygen atoms in total. The van der Waals surface area contributed by atoms with Gasteiger partial charge < -0.3 is 19.7 Å². The van der Waals surface area contributed by atoms with E-state index in [9.17, 15) is 9.90 Å². The van der Waals surface area contributed by atoms with Gasteiger partial charge in [0.05, 0.1) is 19.3 Å². The van der Waals surface area contributed by atoms with Gasteiger partial charge in [0.1, 0.15) is 5.75 Å². The number of hydrogen-bond donors (Lipinski definition) is 2. The fourth-order valence-corrected chi connectivity index (χ4v) is 2.95. The highest BCUT2D eigenvalue weighted by Gasteiger charge is 2.20. The summed E-state index contributed by atoms with van der Waals surface area (Å²) in [6, 6.07) is 14.3. The molecule has 2 aromatic carbocycles. The van der Waals surface area contributed by atoms with Gasteiger partial charge in [0.2, 0.25) is 0 Å². The van der Waals surface area contributed by atoms with Crippen molar-refractivity contribution in [2.24, 2.45) is 7.05 Å². The van der Waals surface area contributed by atoms with Crippen LogP contribution in [0.4, 0.5) is 0 Å². The van der Waals surface area contributed by atoms with E-state index >= 15 is 0 Å². The van der Waals surface area contributed by atoms with E-state index in [1.54, 1.807) is 44.4 Å². The number of amides is 1. The van der Waals surface area contributed by atoms with Crippen molar-refractivity contribution in [3.05, 3.63) is 65.9 Å². The maximum atomic E-state index is 12.7. The number of aliphatic hydroxyl groups excluding tert-OH is 1. The smallest absolute Gasteiger partial charge is 0.252 e. The summed E-state index contributed by atoms with van der Waals surface area (Å²) in [4.78, 5) is 12.7. The van der Waals surface area contributed by atoms with Crippen LogP contribution >= 0.6 is 0 Å². The Bertz CT molecular complexity index is 884. The lowest BCUT2D eigenvalue weighted by Gasteiger charge is -2.21. The molecule has 1 aromatic heterocycles. The van der Waals surface area contributed by atoms with Gasteiger partial charge in [0.15, 0.2) is 0 Å². The Labute approximate surface area is 146 Å². The number of methoxy groups -OCH3 is 1. The van der Waals surface area contributed by atoms with E-state index in [1.165, 1.54) is 0 Å². The molecule has 0 radical (unpaired) electrons. The second kappa shape index (κ2) is 6.99. The van der Waals surface area contributed by atoms with E-state index in [1.807, 2.05) is 36.0 Å². The summed E-state index contributed by atoms with van der Waals surface area (Å²) in [6.45, 7) is 1.79. The van der Waals surface area contributed by atoms with Crippen LogP contribution in [0.3, 0.4) is 0 Å². The molecule has 0 aliphatic heterocycles. The zero-order valence-corrected chi connectivity index (χ0v) is 14.6. The zero-order chi connectivity index (χ0) is 18.0. The Morgan fingerprint density at radius 2 is 1.88 bits per heavy atom. The van der Waals surface area contributed by atoms with Gasteiger partial charge in [0, 0.05) is 29.7 Å². The highest BCUT2D eigenvalue weighted by atomic mass is 16.5. The Balaban J connectivity index is 1.76. The lowest BCUT2D eigenvalue weighted by Crippen LogP contribution is -2.37. The van der Waals surface area contributed by atoms with E-state index in [2.05, 4.69) is 5.32 Å². The molecule has 0 aliphatic carbocycles. The largest absolute Gasteiger partial charge is 0.497 e. The predicted molar refractivity (Wildman–Crippen MR) is 97.8 cm³/mol. The van der Waals surface area contributed by atoms with Crippen LogP contribution in [0.25, 0.3) is 10.9 Å². The van der Waals surface area contributed by atoms with Crippen LogP contribution in [0.2, 0.25) is 0 Å². The molecule has 25 heavy (non-hydrogen) atoms. The maximum absolute atomic E-state index is 12.7. The highest BCUT2D eigenvalue weighted by Crippen LogP contribution is 2.22. The average molecular weight is 338 g/mol. The minimum absolute atomic E-state index is 0.197. The summed E-state index contributed by atoms with van der Waals surface area (Å²) in [5.41, 5.74) is 2.33. The number of aliphatic hydroxyl groups is 1. The summed E-state index contributed by atoms with van der Waals surface area (Å²) in [6.07, 6.45) is 1.13. The van der Waals surface area contributed by atoms with Crippen molar-refractivity contribution < 1.29 is 14.6 Å². The number of carbonyl (C=O) groups is 1. The number of aromatic nitrogens is 1. The first-order chi connectivity index (χ1) is 12.0. The number of rotatable bonds is 5. The third-order valence-electron chi connectivity index (χ3n) is 4.46. The van der Waals surface area contributed by atoms with Gasteiger partial charge >= 0.3 is 0 Å². The molecule has 0 aliphatic rings. The molecule has 130 valence electrons. The molecule has 3 aromatic rings. The number of nitrogens with one attached hydrogen (secondary N) is 1. The van der Waals surface area contributed by atoms with Gasteiger partial charge in [0.25, 0.3) is 5.91 Å². The first-order valence-electron chi connectivity index (χ1n) is 8.18. The molecule has 1 amide bonds. The van der Waals surface area contributed by atoms with E-state index in [4.69, 9.17) is 4.74 Å². The van der Waals surface area contributed by atoms with Crippen molar-refractivity contribution in [1.82, 2.24) is 9.88 Å². The molecule has 0 fully saturated rings. The Kier molecular flexibility index (Phi) is 4.76. The molecule has 2 unspecified atom stereocenters. The van der Waals surface area contributed by atoms with E-state index in [-0.39, 0.29) is 5.91 Å². The fraction of sp³-hybridized carbons (Fsp3) is 0.250. The number of nitrogens with zero attached hydrogens (tertiary/aromatic N) is 1. The van der Waals surface area contributed by atoms with Crippen molar-refractivity contribution in [1.29, 1.82) is 0 Å². The molecule has 1 heterocycles. The zero-order valence-electron chi connectivity index (χ0n) is 14.6. The van der Waals surface area contributed by atoms with Gasteiger partial charge in [-0.05, 0) is 42.8 Å². The Hall–Kier alpha value is -2.79. The Morgan fingerprint density at radius 1 is 1.16 bits per heavy atom. The quantitative estimate of drug-likeness (QED) is 0.751. The number of benzene rings is 2. The van der Waals surface area contributed by atoms with Gasteiger partial charge in [-0.15, -0.1) is 0 Å². The highest BCUT2D eigenvalue weighted by molar-refractivity contribution is 6.06. The van der Waals surface area contributed by atoms with Crippen molar-refractivity contribution in [2.45, 2.75) is 19.1 Å². The second-order valence-electron chi connectivity index (χ2n) is 6.15. The molecule has 0 saturated carbocycles. The number of hydrogen-bond acceptors (Lipinski definition) is 3. The minimum Gasteiger partial charge on any atom is -0.497 e. The second-order valence-corrected chi connectivity index (χ2v) is 6.15.